The van der Waals surface area contributed by atoms with E-state index in [-0.39, 0.29) is 18.4 Å². The molecule has 1 aliphatic rings. The highest BCUT2D eigenvalue weighted by Gasteiger charge is 2.32. The van der Waals surface area contributed by atoms with Crippen molar-refractivity contribution in [3.8, 4) is 11.3 Å². The minimum absolute atomic E-state index is 0.0606. The Kier molecular flexibility index (Phi) is 6.33. The Labute approximate surface area is 211 Å². The van der Waals surface area contributed by atoms with Crippen LogP contribution in [0.1, 0.15) is 40.4 Å². The number of halogens is 2. The fraction of sp³-hybridized carbons (Fsp3) is 0.200. The molecule has 180 valence electrons. The second kappa shape index (κ2) is 9.43. The zero-order valence-electron chi connectivity index (χ0n) is 18.6. The number of aromatic nitrogens is 1. The molecule has 4 aromatic rings. The van der Waals surface area contributed by atoms with Gasteiger partial charge in [0.1, 0.15) is 17.2 Å². The van der Waals surface area contributed by atoms with E-state index in [1.54, 1.807) is 36.5 Å². The molecule has 0 bridgehead atoms. The molecular formula is C25H21BrFN3O4S. The lowest BCUT2D eigenvalue weighted by atomic mass is 10.0. The van der Waals surface area contributed by atoms with E-state index in [9.17, 15) is 17.6 Å². The first-order chi connectivity index (χ1) is 16.9. The minimum atomic E-state index is -2.99. The molecule has 2 aromatic heterocycles. The van der Waals surface area contributed by atoms with Crippen molar-refractivity contribution in [3.05, 3.63) is 81.8 Å². The van der Waals surface area contributed by atoms with Gasteiger partial charge in [0.2, 0.25) is 10.9 Å². The number of thiol groups is 1. The van der Waals surface area contributed by atoms with Crippen LogP contribution in [0.15, 0.2) is 63.6 Å². The van der Waals surface area contributed by atoms with Gasteiger partial charge in [-0.1, -0.05) is 0 Å². The lowest BCUT2D eigenvalue weighted by Gasteiger charge is -2.21. The first-order valence-electron chi connectivity index (χ1n) is 11.0. The quantitative estimate of drug-likeness (QED) is 0.306. The number of nitrogens with zero attached hydrogens (tertiary/aromatic N) is 2. The summed E-state index contributed by atoms with van der Waals surface area (Å²) >= 11 is 3.34. The van der Waals surface area contributed by atoms with Crippen LogP contribution in [0.4, 0.5) is 10.1 Å². The molecule has 1 saturated carbocycles. The molecule has 0 radical (unpaired) electrons. The number of amides is 1. The average Bonchev–Trinajstić information content (AvgIpc) is 3.63. The van der Waals surface area contributed by atoms with Gasteiger partial charge in [0.05, 0.1) is 23.5 Å². The van der Waals surface area contributed by atoms with Crippen molar-refractivity contribution in [2.75, 3.05) is 11.4 Å². The Morgan fingerprint density at radius 2 is 1.94 bits per heavy atom. The van der Waals surface area contributed by atoms with Crippen molar-refractivity contribution < 1.29 is 22.0 Å². The van der Waals surface area contributed by atoms with Crippen LogP contribution in [0.25, 0.3) is 22.3 Å². The molecule has 1 aliphatic carbocycles. The number of rotatable bonds is 7. The topological polar surface area (TPSA) is 92.5 Å². The number of furan rings is 1. The van der Waals surface area contributed by atoms with Crippen LogP contribution in [0.2, 0.25) is 0 Å². The van der Waals surface area contributed by atoms with E-state index in [0.29, 0.717) is 39.2 Å². The van der Waals surface area contributed by atoms with Crippen molar-refractivity contribution >= 4 is 49.4 Å². The largest absolute Gasteiger partial charge is 0.455 e. The van der Waals surface area contributed by atoms with Crippen LogP contribution < -0.4 is 9.62 Å². The van der Waals surface area contributed by atoms with E-state index in [1.165, 1.54) is 23.5 Å². The van der Waals surface area contributed by atoms with Gasteiger partial charge in [-0.25, -0.2) is 12.8 Å². The molecule has 0 aliphatic heterocycles. The number of hydrogen-bond acceptors (Lipinski definition) is 5. The number of hydrogen-bond donors (Lipinski definition) is 2. The SMILES string of the molecule is CNC(=O)c1c(-c2ccc(F)cc2)oc2cc(N(Cc3ccc(Br)cn3)[SH](=O)=O)c(C3CC3)cc12. The molecular weight excluding hydrogens is 537 g/mol. The zero-order chi connectivity index (χ0) is 24.7. The molecule has 7 nitrogen and oxygen atoms in total. The van der Waals surface area contributed by atoms with Crippen LogP contribution in [0, 0.1) is 5.82 Å². The molecule has 0 unspecified atom stereocenters. The van der Waals surface area contributed by atoms with Crippen molar-refractivity contribution in [1.82, 2.24) is 10.3 Å². The number of pyridine rings is 1. The summed E-state index contributed by atoms with van der Waals surface area (Å²) in [4.78, 5) is 17.2. The molecule has 1 fully saturated rings. The Morgan fingerprint density at radius 3 is 2.54 bits per heavy atom. The van der Waals surface area contributed by atoms with E-state index in [0.717, 1.165) is 22.9 Å². The maximum Gasteiger partial charge on any atom is 0.255 e. The summed E-state index contributed by atoms with van der Waals surface area (Å²) in [5.74, 6) is -0.262. The third-order valence-electron chi connectivity index (χ3n) is 5.99. The van der Waals surface area contributed by atoms with Gasteiger partial charge in [0, 0.05) is 34.7 Å². The van der Waals surface area contributed by atoms with Crippen LogP contribution in [0.3, 0.4) is 0 Å². The molecule has 35 heavy (non-hydrogen) atoms. The number of anilines is 1. The molecule has 0 saturated heterocycles. The maximum absolute atomic E-state index is 13.5. The number of benzene rings is 2. The molecule has 10 heteroatoms. The van der Waals surface area contributed by atoms with Crippen LogP contribution >= 0.6 is 15.9 Å². The first-order valence-corrected chi connectivity index (χ1v) is 12.9. The summed E-state index contributed by atoms with van der Waals surface area (Å²) in [6, 6.07) is 12.8. The highest BCUT2D eigenvalue weighted by molar-refractivity contribution is 9.10. The predicted octanol–water partition coefficient (Wildman–Crippen LogP) is 5.17. The van der Waals surface area contributed by atoms with Gasteiger partial charge in [-0.15, -0.1) is 0 Å². The lowest BCUT2D eigenvalue weighted by molar-refractivity contribution is 0.0964. The summed E-state index contributed by atoms with van der Waals surface area (Å²) in [5, 5.41) is 3.23. The highest BCUT2D eigenvalue weighted by atomic mass is 79.9. The van der Waals surface area contributed by atoms with E-state index >= 15 is 0 Å². The van der Waals surface area contributed by atoms with Crippen LogP contribution in [0.5, 0.6) is 0 Å². The fourth-order valence-corrected chi connectivity index (χ4v) is 4.98. The summed E-state index contributed by atoms with van der Waals surface area (Å²) in [6.45, 7) is 0.0606. The maximum atomic E-state index is 13.5. The van der Waals surface area contributed by atoms with Gasteiger partial charge < -0.3 is 9.73 Å². The zero-order valence-corrected chi connectivity index (χ0v) is 21.1. The summed E-state index contributed by atoms with van der Waals surface area (Å²) in [7, 11) is -1.46. The van der Waals surface area contributed by atoms with Crippen LogP contribution in [-0.2, 0) is 17.4 Å². The summed E-state index contributed by atoms with van der Waals surface area (Å²) in [6.07, 6.45) is 3.47. The fourth-order valence-electron chi connectivity index (χ4n) is 4.13. The Hall–Kier alpha value is -3.24. The van der Waals surface area contributed by atoms with E-state index in [1.807, 2.05) is 6.07 Å². The minimum Gasteiger partial charge on any atom is -0.455 e. The highest BCUT2D eigenvalue weighted by Crippen LogP contribution is 2.47. The Morgan fingerprint density at radius 1 is 1.20 bits per heavy atom. The second-order valence-electron chi connectivity index (χ2n) is 8.34. The molecule has 2 heterocycles. The van der Waals surface area contributed by atoms with Gasteiger partial charge in [-0.2, -0.15) is 0 Å². The number of fused-ring (bicyclic) bond motifs is 1. The molecule has 5 rings (SSSR count). The van der Waals surface area contributed by atoms with Gasteiger partial charge in [-0.05, 0) is 82.7 Å². The lowest BCUT2D eigenvalue weighted by Crippen LogP contribution is -2.22. The third-order valence-corrected chi connectivity index (χ3v) is 7.21. The van der Waals surface area contributed by atoms with E-state index in [2.05, 4.69) is 26.2 Å². The smallest absolute Gasteiger partial charge is 0.255 e. The van der Waals surface area contributed by atoms with Crippen molar-refractivity contribution in [3.63, 3.8) is 0 Å². The normalized spacial score (nSPS) is 13.4. The summed E-state index contributed by atoms with van der Waals surface area (Å²) < 4.78 is 46.5. The molecule has 1 N–H and O–H groups in total. The Bertz CT molecular complexity index is 1490. The van der Waals surface area contributed by atoms with E-state index in [4.69, 9.17) is 4.42 Å². The predicted molar refractivity (Wildman–Crippen MR) is 135 cm³/mol. The second-order valence-corrected chi connectivity index (χ2v) is 10.2. The molecule has 0 atom stereocenters. The van der Waals surface area contributed by atoms with Crippen molar-refractivity contribution in [2.24, 2.45) is 0 Å². The van der Waals surface area contributed by atoms with Crippen molar-refractivity contribution in [1.29, 1.82) is 0 Å². The standard InChI is InChI=1S/C25H21BrFN3O4S/c1-28-25(31)23-20-10-19(14-2-3-14)21(30(35(32)33)13-18-9-6-16(26)12-29-18)11-22(20)34-24(23)15-4-7-17(27)8-5-15/h4-12,14,35H,2-3,13H2,1H3,(H,28,31). The van der Waals surface area contributed by atoms with Gasteiger partial charge in [-0.3, -0.25) is 14.1 Å². The first kappa shape index (κ1) is 23.5. The molecule has 0 spiro atoms. The summed E-state index contributed by atoms with van der Waals surface area (Å²) in [5.41, 5.74) is 3.17. The molecule has 2 aromatic carbocycles. The number of nitrogens with one attached hydrogen (secondary N) is 1. The van der Waals surface area contributed by atoms with Gasteiger partial charge >= 0.3 is 0 Å². The van der Waals surface area contributed by atoms with Gasteiger partial charge in [0.25, 0.3) is 5.91 Å². The monoisotopic (exact) mass is 557 g/mol. The van der Waals surface area contributed by atoms with Gasteiger partial charge in [0.15, 0.2) is 0 Å². The van der Waals surface area contributed by atoms with Crippen molar-refractivity contribution in [2.45, 2.75) is 25.3 Å². The average molecular weight is 558 g/mol. The third kappa shape index (κ3) is 4.68. The Balaban J connectivity index is 1.69. The number of carbonyl (C=O) groups is 1. The van der Waals surface area contributed by atoms with E-state index < -0.39 is 16.7 Å². The van der Waals surface area contributed by atoms with Crippen LogP contribution in [-0.4, -0.2) is 26.4 Å². The number of carbonyl (C=O) groups excluding carboxylic acids is 1. The molecule has 1 amide bonds.